The maximum absolute atomic E-state index is 6.73. The Balaban J connectivity index is 1.55. The Hall–Kier alpha value is -0.340. The van der Waals surface area contributed by atoms with Crippen molar-refractivity contribution in [2.24, 2.45) is 46.3 Å². The van der Waals surface area contributed by atoms with E-state index in [0.29, 0.717) is 29.6 Å². The number of unbranched alkanes of at least 4 members (excludes halogenated alkanes) is 1. The highest BCUT2D eigenvalue weighted by Crippen LogP contribution is 2.69. The minimum atomic E-state index is 0.350. The Morgan fingerprint density at radius 3 is 2.52 bits per heavy atom. The van der Waals surface area contributed by atoms with Gasteiger partial charge in [-0.15, -0.1) is 6.58 Å². The average molecular weight is 459 g/mol. The summed E-state index contributed by atoms with van der Waals surface area (Å²) in [5.74, 6) is 5.09. The standard InChI is InChI=1S/C31H54O2/c1-7-10-19-32-24-16-17-30(5)23(20-24)12-13-25-27-15-14-26(22(4)11-8-2)31(27,6)29(21-28(25)30)33-18-9-3/h9,22-29H,3,7-8,10-21H2,1-2,4-6H3/t22-,23-,24-,25+,26-,27+,28+,29+,30+,31-/m1/s1. The lowest BCUT2D eigenvalue weighted by Crippen LogP contribution is -2.59. The maximum Gasteiger partial charge on any atom is 0.0648 e. The molecule has 0 spiro atoms. The molecule has 4 rings (SSSR count). The summed E-state index contributed by atoms with van der Waals surface area (Å²) in [6, 6.07) is 0. The van der Waals surface area contributed by atoms with E-state index in [4.69, 9.17) is 9.47 Å². The highest BCUT2D eigenvalue weighted by atomic mass is 16.5. The van der Waals surface area contributed by atoms with Crippen LogP contribution in [-0.2, 0) is 9.47 Å². The molecule has 0 bridgehead atoms. The van der Waals surface area contributed by atoms with E-state index < -0.39 is 0 Å². The van der Waals surface area contributed by atoms with Crippen LogP contribution in [0.3, 0.4) is 0 Å². The molecule has 0 amide bonds. The van der Waals surface area contributed by atoms with Crippen molar-refractivity contribution in [3.05, 3.63) is 12.7 Å². The van der Waals surface area contributed by atoms with Crippen LogP contribution in [0.1, 0.15) is 112 Å². The number of rotatable bonds is 10. The second kappa shape index (κ2) is 10.7. The molecule has 0 saturated heterocycles. The zero-order valence-corrected chi connectivity index (χ0v) is 22.6. The smallest absolute Gasteiger partial charge is 0.0648 e. The summed E-state index contributed by atoms with van der Waals surface area (Å²) >= 11 is 0. The molecular formula is C31H54O2. The van der Waals surface area contributed by atoms with Crippen LogP contribution >= 0.6 is 0 Å². The molecular weight excluding hydrogens is 404 g/mol. The number of fused-ring (bicyclic) bond motifs is 5. The van der Waals surface area contributed by atoms with E-state index in [0.717, 1.165) is 42.1 Å². The van der Waals surface area contributed by atoms with E-state index in [1.54, 1.807) is 0 Å². The minimum Gasteiger partial charge on any atom is -0.378 e. The molecule has 0 aliphatic heterocycles. The zero-order valence-electron chi connectivity index (χ0n) is 22.6. The first-order valence-corrected chi connectivity index (χ1v) is 14.7. The topological polar surface area (TPSA) is 18.5 Å². The fourth-order valence-corrected chi connectivity index (χ4v) is 9.75. The van der Waals surface area contributed by atoms with Gasteiger partial charge in [-0.2, -0.15) is 0 Å². The van der Waals surface area contributed by atoms with Crippen molar-refractivity contribution >= 4 is 0 Å². The lowest BCUT2D eigenvalue weighted by atomic mass is 9.43. The van der Waals surface area contributed by atoms with Gasteiger partial charge in [0.1, 0.15) is 0 Å². The van der Waals surface area contributed by atoms with Gasteiger partial charge in [0.15, 0.2) is 0 Å². The largest absolute Gasteiger partial charge is 0.378 e. The van der Waals surface area contributed by atoms with Crippen LogP contribution in [0.25, 0.3) is 0 Å². The molecule has 2 heteroatoms. The summed E-state index contributed by atoms with van der Waals surface area (Å²) in [5, 5.41) is 0. The number of hydrogen-bond donors (Lipinski definition) is 0. The molecule has 4 aliphatic carbocycles. The van der Waals surface area contributed by atoms with Crippen molar-refractivity contribution in [1.82, 2.24) is 0 Å². The number of hydrogen-bond acceptors (Lipinski definition) is 2. The maximum atomic E-state index is 6.73. The Morgan fingerprint density at radius 1 is 0.970 bits per heavy atom. The lowest BCUT2D eigenvalue weighted by molar-refractivity contribution is -0.189. The molecule has 0 aromatic heterocycles. The Kier molecular flexibility index (Phi) is 8.37. The molecule has 10 atom stereocenters. The molecule has 0 aromatic carbocycles. The van der Waals surface area contributed by atoms with Gasteiger partial charge in [0.2, 0.25) is 0 Å². The lowest BCUT2D eigenvalue weighted by Gasteiger charge is -2.63. The Bertz CT molecular complexity index is 645. The van der Waals surface area contributed by atoms with E-state index in [1.807, 2.05) is 6.08 Å². The molecule has 4 aliphatic rings. The predicted octanol–water partition coefficient (Wildman–Crippen LogP) is 8.45. The van der Waals surface area contributed by atoms with Crippen LogP contribution in [-0.4, -0.2) is 25.4 Å². The highest BCUT2D eigenvalue weighted by Gasteiger charge is 2.64. The summed E-state index contributed by atoms with van der Waals surface area (Å²) < 4.78 is 13.1. The van der Waals surface area contributed by atoms with Crippen LogP contribution in [0.15, 0.2) is 12.7 Å². The SMILES string of the molecule is C=CCO[C@H]1C[C@H]2[C@@H](CC[C@@H]3C[C@H](OCCCC)CC[C@@]32C)[C@@H]2CC[C@H]([C@H](C)CCC)[C@@]12C. The molecule has 190 valence electrons. The van der Waals surface area contributed by atoms with Gasteiger partial charge in [-0.3, -0.25) is 0 Å². The summed E-state index contributed by atoms with van der Waals surface area (Å²) in [6.45, 7) is 18.2. The third-order valence-electron chi connectivity index (χ3n) is 11.5. The first-order chi connectivity index (χ1) is 15.9. The fraction of sp³-hybridized carbons (Fsp3) is 0.935. The Morgan fingerprint density at radius 2 is 1.79 bits per heavy atom. The van der Waals surface area contributed by atoms with Crippen molar-refractivity contribution < 1.29 is 9.47 Å². The first kappa shape index (κ1) is 25.7. The second-order valence-corrected chi connectivity index (χ2v) is 12.9. The van der Waals surface area contributed by atoms with E-state index in [9.17, 15) is 0 Å². The molecule has 0 unspecified atom stereocenters. The van der Waals surface area contributed by atoms with E-state index >= 15 is 0 Å². The van der Waals surface area contributed by atoms with Gasteiger partial charge in [0, 0.05) is 6.61 Å². The van der Waals surface area contributed by atoms with Crippen molar-refractivity contribution in [2.45, 2.75) is 124 Å². The minimum absolute atomic E-state index is 0.350. The van der Waals surface area contributed by atoms with Crippen molar-refractivity contribution in [1.29, 1.82) is 0 Å². The first-order valence-electron chi connectivity index (χ1n) is 14.7. The van der Waals surface area contributed by atoms with Crippen LogP contribution in [0.5, 0.6) is 0 Å². The highest BCUT2D eigenvalue weighted by molar-refractivity contribution is 5.13. The van der Waals surface area contributed by atoms with Crippen molar-refractivity contribution in [3.63, 3.8) is 0 Å². The predicted molar refractivity (Wildman–Crippen MR) is 139 cm³/mol. The third kappa shape index (κ3) is 4.62. The van der Waals surface area contributed by atoms with Crippen LogP contribution in [0, 0.1) is 46.3 Å². The second-order valence-electron chi connectivity index (χ2n) is 12.9. The Labute approximate surface area is 205 Å². The molecule has 4 saturated carbocycles. The molecule has 0 N–H and O–H groups in total. The molecule has 0 aromatic rings. The average Bonchev–Trinajstić information content (AvgIpc) is 3.16. The molecule has 0 radical (unpaired) electrons. The summed E-state index contributed by atoms with van der Waals surface area (Å²) in [6.07, 6.45) is 19.0. The van der Waals surface area contributed by atoms with Crippen LogP contribution in [0.2, 0.25) is 0 Å². The normalized spacial score (nSPS) is 45.7. The monoisotopic (exact) mass is 458 g/mol. The van der Waals surface area contributed by atoms with Crippen LogP contribution < -0.4 is 0 Å². The zero-order chi connectivity index (χ0) is 23.6. The number of ether oxygens (including phenoxy) is 2. The van der Waals surface area contributed by atoms with Crippen molar-refractivity contribution in [3.8, 4) is 0 Å². The third-order valence-corrected chi connectivity index (χ3v) is 11.5. The van der Waals surface area contributed by atoms with Crippen molar-refractivity contribution in [2.75, 3.05) is 13.2 Å². The van der Waals surface area contributed by atoms with E-state index in [-0.39, 0.29) is 0 Å². The molecule has 4 fully saturated rings. The van der Waals surface area contributed by atoms with Crippen LogP contribution in [0.4, 0.5) is 0 Å². The molecule has 2 nitrogen and oxygen atoms in total. The van der Waals surface area contributed by atoms with Gasteiger partial charge < -0.3 is 9.47 Å². The quantitative estimate of drug-likeness (QED) is 0.241. The van der Waals surface area contributed by atoms with Gasteiger partial charge in [-0.25, -0.2) is 0 Å². The van der Waals surface area contributed by atoms with Gasteiger partial charge in [0.05, 0.1) is 18.8 Å². The van der Waals surface area contributed by atoms with Gasteiger partial charge in [-0.1, -0.05) is 60.0 Å². The summed E-state index contributed by atoms with van der Waals surface area (Å²) in [4.78, 5) is 0. The molecule has 0 heterocycles. The summed E-state index contributed by atoms with van der Waals surface area (Å²) in [5.41, 5.74) is 0.834. The fourth-order valence-electron chi connectivity index (χ4n) is 9.75. The summed E-state index contributed by atoms with van der Waals surface area (Å²) in [7, 11) is 0. The van der Waals surface area contributed by atoms with E-state index in [1.165, 1.54) is 77.0 Å². The molecule has 33 heavy (non-hydrogen) atoms. The van der Waals surface area contributed by atoms with Gasteiger partial charge in [0.25, 0.3) is 0 Å². The van der Waals surface area contributed by atoms with Gasteiger partial charge in [-0.05, 0) is 104 Å². The van der Waals surface area contributed by atoms with E-state index in [2.05, 4.69) is 41.2 Å². The van der Waals surface area contributed by atoms with Gasteiger partial charge >= 0.3 is 0 Å².